The normalized spacial score (nSPS) is 12.5. The summed E-state index contributed by atoms with van der Waals surface area (Å²) in [5, 5.41) is 0.993. The largest absolute Gasteiger partial charge is 0.323 e. The van der Waals surface area contributed by atoms with Gasteiger partial charge in [0.05, 0.1) is 11.4 Å². The van der Waals surface area contributed by atoms with E-state index >= 15 is 0 Å². The van der Waals surface area contributed by atoms with Crippen molar-refractivity contribution in [2.75, 3.05) is 0 Å². The second-order valence-electron chi connectivity index (χ2n) is 4.47. The first-order valence-corrected chi connectivity index (χ1v) is 6.18. The van der Waals surface area contributed by atoms with Crippen molar-refractivity contribution in [2.45, 2.75) is 13.0 Å². The lowest BCUT2D eigenvalue weighted by molar-refractivity contribution is 0.787. The van der Waals surface area contributed by atoms with Crippen molar-refractivity contribution in [1.82, 2.24) is 15.0 Å². The predicted molar refractivity (Wildman–Crippen MR) is 75.4 cm³/mol. The lowest BCUT2D eigenvalue weighted by Gasteiger charge is -2.12. The van der Waals surface area contributed by atoms with Crippen LogP contribution in [0.15, 0.2) is 48.8 Å². The minimum atomic E-state index is -0.164. The smallest absolute Gasteiger partial charge is 0.159 e. The molecule has 0 saturated carbocycles. The Balaban J connectivity index is 2.30. The Morgan fingerprint density at radius 2 is 1.89 bits per heavy atom. The van der Waals surface area contributed by atoms with E-state index in [2.05, 4.69) is 21.0 Å². The summed E-state index contributed by atoms with van der Waals surface area (Å²) in [6.07, 6.45) is 3.51. The molecule has 0 aliphatic heterocycles. The molecule has 0 aliphatic carbocycles. The molecule has 3 heterocycles. The van der Waals surface area contributed by atoms with Gasteiger partial charge in [0.15, 0.2) is 5.65 Å². The number of nitrogens with zero attached hydrogens (tertiary/aromatic N) is 3. The van der Waals surface area contributed by atoms with Gasteiger partial charge in [-0.3, -0.25) is 4.98 Å². The fourth-order valence-corrected chi connectivity index (χ4v) is 2.09. The molecule has 0 aromatic carbocycles. The van der Waals surface area contributed by atoms with Crippen LogP contribution >= 0.6 is 0 Å². The molecule has 0 radical (unpaired) electrons. The van der Waals surface area contributed by atoms with E-state index < -0.39 is 0 Å². The molecule has 3 aromatic rings. The Hall–Kier alpha value is -2.33. The summed E-state index contributed by atoms with van der Waals surface area (Å²) >= 11 is 0. The maximum atomic E-state index is 6.02. The van der Waals surface area contributed by atoms with E-state index in [4.69, 9.17) is 5.73 Å². The molecule has 0 amide bonds. The third-order valence-electron chi connectivity index (χ3n) is 2.99. The maximum Gasteiger partial charge on any atom is 0.159 e. The molecule has 0 bridgehead atoms. The van der Waals surface area contributed by atoms with Gasteiger partial charge in [0, 0.05) is 29.4 Å². The molecular weight excluding hydrogens is 236 g/mol. The van der Waals surface area contributed by atoms with Crippen LogP contribution in [-0.4, -0.2) is 15.0 Å². The number of nitrogens with two attached hydrogens (primary N) is 1. The quantitative estimate of drug-likeness (QED) is 0.759. The molecule has 2 N–H and O–H groups in total. The van der Waals surface area contributed by atoms with E-state index in [1.165, 1.54) is 0 Å². The highest BCUT2D eigenvalue weighted by Crippen LogP contribution is 2.27. The third-order valence-corrected chi connectivity index (χ3v) is 2.99. The van der Waals surface area contributed by atoms with E-state index in [0.29, 0.717) is 0 Å². The molecule has 3 rings (SSSR count). The van der Waals surface area contributed by atoms with Crippen molar-refractivity contribution in [1.29, 1.82) is 0 Å². The van der Waals surface area contributed by atoms with Crippen LogP contribution in [0.2, 0.25) is 0 Å². The van der Waals surface area contributed by atoms with Crippen molar-refractivity contribution in [3.63, 3.8) is 0 Å². The van der Waals surface area contributed by atoms with Crippen LogP contribution in [0.5, 0.6) is 0 Å². The summed E-state index contributed by atoms with van der Waals surface area (Å²) < 4.78 is 0. The zero-order valence-electron chi connectivity index (χ0n) is 10.6. The topological polar surface area (TPSA) is 64.7 Å². The summed E-state index contributed by atoms with van der Waals surface area (Å²) in [5.41, 5.74) is 9.42. The zero-order valence-corrected chi connectivity index (χ0v) is 10.6. The van der Waals surface area contributed by atoms with Gasteiger partial charge in [0.2, 0.25) is 0 Å². The van der Waals surface area contributed by atoms with Crippen molar-refractivity contribution in [2.24, 2.45) is 5.73 Å². The van der Waals surface area contributed by atoms with E-state index in [-0.39, 0.29) is 6.04 Å². The van der Waals surface area contributed by atoms with Gasteiger partial charge in [-0.2, -0.15) is 0 Å². The molecule has 3 aromatic heterocycles. The molecule has 94 valence electrons. The highest BCUT2D eigenvalue weighted by Gasteiger charge is 2.13. The van der Waals surface area contributed by atoms with Crippen molar-refractivity contribution in [3.05, 3.63) is 54.5 Å². The average molecular weight is 250 g/mol. The number of rotatable bonds is 2. The monoisotopic (exact) mass is 250 g/mol. The van der Waals surface area contributed by atoms with Crippen LogP contribution in [0, 0.1) is 0 Å². The van der Waals surface area contributed by atoms with E-state index in [1.807, 2.05) is 37.3 Å². The number of aromatic nitrogens is 3. The molecule has 4 nitrogen and oxygen atoms in total. The fourth-order valence-electron chi connectivity index (χ4n) is 2.09. The number of fused-ring (bicyclic) bond motifs is 1. The molecule has 0 aliphatic rings. The third kappa shape index (κ3) is 2.18. The van der Waals surface area contributed by atoms with Crippen LogP contribution in [0.4, 0.5) is 0 Å². The Morgan fingerprint density at radius 1 is 1.05 bits per heavy atom. The highest BCUT2D eigenvalue weighted by molar-refractivity contribution is 5.81. The SMILES string of the molecule is C[C@H](N)c1nc2ncccc2cc1-c1ccccn1. The standard InChI is InChI=1S/C15H14N4/c1-10(16)14-12(13-6-2-3-7-17-13)9-11-5-4-8-18-15(11)19-14/h2-10H,16H2,1H3/t10-/m0/s1. The van der Waals surface area contributed by atoms with Crippen LogP contribution < -0.4 is 5.73 Å². The van der Waals surface area contributed by atoms with Crippen LogP contribution in [0.3, 0.4) is 0 Å². The lowest BCUT2D eigenvalue weighted by Crippen LogP contribution is -2.10. The second kappa shape index (κ2) is 4.74. The molecule has 0 saturated heterocycles. The summed E-state index contributed by atoms with van der Waals surface area (Å²) in [6, 6.07) is 11.6. The van der Waals surface area contributed by atoms with E-state index in [1.54, 1.807) is 12.4 Å². The van der Waals surface area contributed by atoms with Crippen molar-refractivity contribution in [3.8, 4) is 11.3 Å². The second-order valence-corrected chi connectivity index (χ2v) is 4.47. The van der Waals surface area contributed by atoms with Gasteiger partial charge in [-0.05, 0) is 37.3 Å². The van der Waals surface area contributed by atoms with E-state index in [0.717, 1.165) is 28.0 Å². The first-order valence-electron chi connectivity index (χ1n) is 6.18. The first-order chi connectivity index (χ1) is 9.25. The van der Waals surface area contributed by atoms with Gasteiger partial charge in [0.25, 0.3) is 0 Å². The fraction of sp³-hybridized carbons (Fsp3) is 0.133. The first kappa shape index (κ1) is 11.7. The van der Waals surface area contributed by atoms with Gasteiger partial charge in [-0.1, -0.05) is 6.07 Å². The molecule has 0 fully saturated rings. The molecular formula is C15H14N4. The Bertz CT molecular complexity index is 708. The Morgan fingerprint density at radius 3 is 2.63 bits per heavy atom. The summed E-state index contributed by atoms with van der Waals surface area (Å²) in [6.45, 7) is 1.92. The molecule has 4 heteroatoms. The number of pyridine rings is 3. The molecule has 0 spiro atoms. The minimum absolute atomic E-state index is 0.164. The maximum absolute atomic E-state index is 6.02. The molecule has 19 heavy (non-hydrogen) atoms. The highest BCUT2D eigenvalue weighted by atomic mass is 14.9. The zero-order chi connectivity index (χ0) is 13.2. The van der Waals surface area contributed by atoms with E-state index in [9.17, 15) is 0 Å². The summed E-state index contributed by atoms with van der Waals surface area (Å²) in [4.78, 5) is 13.2. The predicted octanol–water partition coefficient (Wildman–Crippen LogP) is 2.71. The van der Waals surface area contributed by atoms with Gasteiger partial charge in [-0.25, -0.2) is 9.97 Å². The van der Waals surface area contributed by atoms with Crippen LogP contribution in [0.1, 0.15) is 18.7 Å². The molecule has 0 unspecified atom stereocenters. The van der Waals surface area contributed by atoms with Gasteiger partial charge in [-0.15, -0.1) is 0 Å². The minimum Gasteiger partial charge on any atom is -0.323 e. The van der Waals surface area contributed by atoms with Crippen molar-refractivity contribution < 1.29 is 0 Å². The number of hydrogen-bond acceptors (Lipinski definition) is 4. The number of hydrogen-bond donors (Lipinski definition) is 1. The van der Waals surface area contributed by atoms with Gasteiger partial charge >= 0.3 is 0 Å². The van der Waals surface area contributed by atoms with Gasteiger partial charge < -0.3 is 5.73 Å². The summed E-state index contributed by atoms with van der Waals surface area (Å²) in [5.74, 6) is 0. The summed E-state index contributed by atoms with van der Waals surface area (Å²) in [7, 11) is 0. The van der Waals surface area contributed by atoms with Crippen molar-refractivity contribution >= 4 is 11.0 Å². The van der Waals surface area contributed by atoms with Gasteiger partial charge in [0.1, 0.15) is 0 Å². The molecule has 1 atom stereocenters. The average Bonchev–Trinajstić information content (AvgIpc) is 2.46. The lowest BCUT2D eigenvalue weighted by atomic mass is 10.0. The Labute approximate surface area is 111 Å². The Kier molecular flexibility index (Phi) is 2.93. The van der Waals surface area contributed by atoms with Crippen LogP contribution in [-0.2, 0) is 0 Å². The van der Waals surface area contributed by atoms with Crippen LogP contribution in [0.25, 0.3) is 22.3 Å².